The summed E-state index contributed by atoms with van der Waals surface area (Å²) in [6.45, 7) is 0.569. The monoisotopic (exact) mass is 512 g/mol. The Morgan fingerprint density at radius 2 is 1.89 bits per heavy atom. The molecule has 0 bridgehead atoms. The molecule has 0 aliphatic carbocycles. The van der Waals surface area contributed by atoms with Crippen molar-refractivity contribution in [2.45, 2.75) is 31.1 Å². The summed E-state index contributed by atoms with van der Waals surface area (Å²) in [7, 11) is -3.24. The fourth-order valence-corrected chi connectivity index (χ4v) is 5.41. The van der Waals surface area contributed by atoms with E-state index < -0.39 is 27.5 Å². The van der Waals surface area contributed by atoms with Crippen LogP contribution in [0.15, 0.2) is 54.7 Å². The molecule has 0 saturated carbocycles. The fourth-order valence-electron chi connectivity index (χ4n) is 4.54. The number of hydrogen-bond acceptors (Lipinski definition) is 7. The summed E-state index contributed by atoms with van der Waals surface area (Å²) in [4.78, 5) is 21.7. The van der Waals surface area contributed by atoms with Gasteiger partial charge in [0.15, 0.2) is 5.78 Å². The number of nitrogens with two attached hydrogens (primary N) is 1. The summed E-state index contributed by atoms with van der Waals surface area (Å²) in [5, 5.41) is 9.75. The molecule has 36 heavy (non-hydrogen) atoms. The van der Waals surface area contributed by atoms with Crippen LogP contribution >= 0.6 is 0 Å². The van der Waals surface area contributed by atoms with Crippen LogP contribution in [0.5, 0.6) is 0 Å². The van der Waals surface area contributed by atoms with Crippen LogP contribution in [-0.2, 0) is 10.0 Å². The van der Waals surface area contributed by atoms with E-state index in [2.05, 4.69) is 9.97 Å². The lowest BCUT2D eigenvalue weighted by molar-refractivity contribution is 0.0956. The van der Waals surface area contributed by atoms with E-state index >= 15 is 4.39 Å². The minimum absolute atomic E-state index is 0.00829. The number of carbonyl (C=O) groups excluding carboxylic acids is 1. The zero-order chi connectivity index (χ0) is 25.9. The SMILES string of the molecule is CS(=O)(=O)N1CCC(c2cnc(N)c(-c3ccc(C(=O)C[C@H](CO)c4ccccc4)c(F)c3)n2)CC1. The first-order valence-corrected chi connectivity index (χ1v) is 13.6. The molecule has 0 unspecified atom stereocenters. The van der Waals surface area contributed by atoms with Gasteiger partial charge in [0.2, 0.25) is 10.0 Å². The van der Waals surface area contributed by atoms with Crippen molar-refractivity contribution < 1.29 is 22.7 Å². The Balaban J connectivity index is 1.52. The predicted octanol–water partition coefficient (Wildman–Crippen LogP) is 3.35. The summed E-state index contributed by atoms with van der Waals surface area (Å²) in [6, 6.07) is 13.4. The van der Waals surface area contributed by atoms with Gasteiger partial charge in [-0.1, -0.05) is 36.4 Å². The highest BCUT2D eigenvalue weighted by Gasteiger charge is 2.27. The molecule has 1 atom stereocenters. The van der Waals surface area contributed by atoms with Crippen LogP contribution in [0, 0.1) is 5.82 Å². The molecule has 190 valence electrons. The largest absolute Gasteiger partial charge is 0.396 e. The van der Waals surface area contributed by atoms with Crippen LogP contribution in [0.1, 0.15) is 52.7 Å². The summed E-state index contributed by atoms with van der Waals surface area (Å²) in [6.07, 6.45) is 3.94. The molecule has 0 spiro atoms. The molecule has 2 heterocycles. The molecule has 1 fully saturated rings. The zero-order valence-corrected chi connectivity index (χ0v) is 20.8. The minimum atomic E-state index is -3.24. The second-order valence-corrected chi connectivity index (χ2v) is 11.1. The molecule has 0 radical (unpaired) electrons. The summed E-state index contributed by atoms with van der Waals surface area (Å²) >= 11 is 0. The molecule has 3 N–H and O–H groups in total. The average Bonchev–Trinajstić information content (AvgIpc) is 2.87. The van der Waals surface area contributed by atoms with Crippen molar-refractivity contribution in [1.29, 1.82) is 0 Å². The van der Waals surface area contributed by atoms with Crippen molar-refractivity contribution in [1.82, 2.24) is 14.3 Å². The number of rotatable bonds is 8. The van der Waals surface area contributed by atoms with E-state index in [1.165, 1.54) is 22.7 Å². The number of sulfonamides is 1. The maximum Gasteiger partial charge on any atom is 0.211 e. The summed E-state index contributed by atoms with van der Waals surface area (Å²) in [5.41, 5.74) is 8.17. The third-order valence-corrected chi connectivity index (χ3v) is 7.93. The number of carbonyl (C=O) groups is 1. The number of anilines is 1. The predicted molar refractivity (Wildman–Crippen MR) is 135 cm³/mol. The van der Waals surface area contributed by atoms with Gasteiger partial charge in [-0.25, -0.2) is 27.1 Å². The quantitative estimate of drug-likeness (QED) is 0.443. The molecule has 1 aromatic heterocycles. The molecule has 2 aromatic carbocycles. The first-order chi connectivity index (χ1) is 17.2. The third kappa shape index (κ3) is 5.77. The first kappa shape index (κ1) is 25.9. The second kappa shape index (κ2) is 10.8. The second-order valence-electron chi connectivity index (χ2n) is 9.08. The van der Waals surface area contributed by atoms with Gasteiger partial charge in [0.1, 0.15) is 17.3 Å². The van der Waals surface area contributed by atoms with Crippen LogP contribution in [0.4, 0.5) is 10.2 Å². The Hall–Kier alpha value is -3.21. The van der Waals surface area contributed by atoms with Gasteiger partial charge in [-0.3, -0.25) is 4.79 Å². The van der Waals surface area contributed by atoms with Crippen LogP contribution in [0.3, 0.4) is 0 Å². The number of aliphatic hydroxyl groups is 1. The molecular formula is C26H29FN4O4S. The number of ketones is 1. The van der Waals surface area contributed by atoms with E-state index in [1.54, 1.807) is 12.3 Å². The molecule has 1 saturated heterocycles. The van der Waals surface area contributed by atoms with Gasteiger partial charge in [0, 0.05) is 36.9 Å². The molecule has 4 rings (SSSR count). The third-order valence-electron chi connectivity index (χ3n) is 6.63. The van der Waals surface area contributed by atoms with Gasteiger partial charge in [-0.15, -0.1) is 0 Å². The Kier molecular flexibility index (Phi) is 7.77. The molecule has 1 aliphatic heterocycles. The lowest BCUT2D eigenvalue weighted by atomic mass is 9.91. The van der Waals surface area contributed by atoms with Crippen molar-refractivity contribution in [3.63, 3.8) is 0 Å². The number of nitrogens with zero attached hydrogens (tertiary/aromatic N) is 3. The van der Waals surface area contributed by atoms with Crippen molar-refractivity contribution in [2.24, 2.45) is 0 Å². The molecule has 10 heteroatoms. The minimum Gasteiger partial charge on any atom is -0.396 e. The Morgan fingerprint density at radius 3 is 2.50 bits per heavy atom. The van der Waals surface area contributed by atoms with Crippen LogP contribution in [0.2, 0.25) is 0 Å². The van der Waals surface area contributed by atoms with Crippen LogP contribution in [0.25, 0.3) is 11.3 Å². The van der Waals surface area contributed by atoms with Crippen LogP contribution < -0.4 is 5.73 Å². The van der Waals surface area contributed by atoms with E-state index in [-0.39, 0.29) is 30.3 Å². The highest BCUT2D eigenvalue weighted by molar-refractivity contribution is 7.88. The Morgan fingerprint density at radius 1 is 1.19 bits per heavy atom. The molecule has 8 nitrogen and oxygen atoms in total. The molecular weight excluding hydrogens is 483 g/mol. The number of Topliss-reactive ketones (excluding diaryl/α,β-unsaturated/α-hetero) is 1. The van der Waals surface area contributed by atoms with Crippen molar-refractivity contribution >= 4 is 21.6 Å². The maximum absolute atomic E-state index is 15.0. The van der Waals surface area contributed by atoms with Crippen molar-refractivity contribution in [3.8, 4) is 11.3 Å². The number of piperidine rings is 1. The van der Waals surface area contributed by atoms with Crippen LogP contribution in [-0.4, -0.2) is 59.5 Å². The van der Waals surface area contributed by atoms with Gasteiger partial charge in [-0.05, 0) is 30.5 Å². The van der Waals surface area contributed by atoms with E-state index in [0.717, 1.165) is 5.56 Å². The molecule has 1 aliphatic rings. The number of aromatic nitrogens is 2. The highest BCUT2D eigenvalue weighted by Crippen LogP contribution is 2.31. The Labute approximate surface area is 210 Å². The lowest BCUT2D eigenvalue weighted by Crippen LogP contribution is -2.37. The lowest BCUT2D eigenvalue weighted by Gasteiger charge is -2.29. The number of benzene rings is 2. The van der Waals surface area contributed by atoms with Crippen molar-refractivity contribution in [2.75, 3.05) is 31.7 Å². The summed E-state index contributed by atoms with van der Waals surface area (Å²) < 4.78 is 40.1. The number of aliphatic hydroxyl groups excluding tert-OH is 1. The van der Waals surface area contributed by atoms with Gasteiger partial charge in [0.25, 0.3) is 0 Å². The zero-order valence-electron chi connectivity index (χ0n) is 20.0. The number of halogens is 1. The number of hydrogen-bond donors (Lipinski definition) is 2. The normalized spacial score (nSPS) is 16.1. The van der Waals surface area contributed by atoms with Gasteiger partial charge < -0.3 is 10.8 Å². The van der Waals surface area contributed by atoms with E-state index in [4.69, 9.17) is 5.73 Å². The summed E-state index contributed by atoms with van der Waals surface area (Å²) in [5.74, 6) is -1.39. The molecule has 3 aromatic rings. The number of nitrogen functional groups attached to an aromatic ring is 1. The standard InChI is InChI=1S/C26H29FN4O4S/c1-36(34,35)31-11-9-18(10-12-31)23-15-29-26(28)25(30-23)19-7-8-21(22(27)13-19)24(33)14-20(16-32)17-5-3-2-4-6-17/h2-8,13,15,18,20,32H,9-12,14,16H2,1H3,(H2,28,29)/t20-/m1/s1. The van der Waals surface area contributed by atoms with Gasteiger partial charge >= 0.3 is 0 Å². The Bertz CT molecular complexity index is 1340. The topological polar surface area (TPSA) is 126 Å². The van der Waals surface area contributed by atoms with E-state index in [9.17, 15) is 18.3 Å². The van der Waals surface area contributed by atoms with Crippen molar-refractivity contribution in [3.05, 3.63) is 77.4 Å². The van der Waals surface area contributed by atoms with E-state index in [1.807, 2.05) is 30.3 Å². The average molecular weight is 513 g/mol. The van der Waals surface area contributed by atoms with E-state index in [0.29, 0.717) is 42.9 Å². The van der Waals surface area contributed by atoms with Gasteiger partial charge in [0.05, 0.1) is 30.3 Å². The molecule has 0 amide bonds. The first-order valence-electron chi connectivity index (χ1n) is 11.7. The maximum atomic E-state index is 15.0. The fraction of sp³-hybridized carbons (Fsp3) is 0.346. The highest BCUT2D eigenvalue weighted by atomic mass is 32.2. The van der Waals surface area contributed by atoms with Gasteiger partial charge in [-0.2, -0.15) is 0 Å². The smallest absolute Gasteiger partial charge is 0.211 e.